The van der Waals surface area contributed by atoms with Crippen LogP contribution < -0.4 is 0 Å². The van der Waals surface area contributed by atoms with Gasteiger partial charge in [0, 0.05) is 13.1 Å². The molecule has 0 saturated carbocycles. The van der Waals surface area contributed by atoms with E-state index >= 15 is 0 Å². The molecule has 1 fully saturated rings. The number of ether oxygens (including phenoxy) is 1. The summed E-state index contributed by atoms with van der Waals surface area (Å²) < 4.78 is 46.1. The Morgan fingerprint density at radius 2 is 1.96 bits per heavy atom. The maximum atomic E-state index is 13.4. The van der Waals surface area contributed by atoms with E-state index < -0.39 is 15.8 Å². The van der Waals surface area contributed by atoms with Gasteiger partial charge < -0.3 is 4.74 Å². The van der Waals surface area contributed by atoms with Crippen LogP contribution in [0, 0.1) is 12.7 Å². The van der Waals surface area contributed by atoms with Gasteiger partial charge in [0.15, 0.2) is 0 Å². The van der Waals surface area contributed by atoms with E-state index in [2.05, 4.69) is 0 Å². The quantitative estimate of drug-likeness (QED) is 0.853. The molecule has 0 aliphatic carbocycles. The van der Waals surface area contributed by atoms with Crippen LogP contribution in [0.1, 0.15) is 11.1 Å². The van der Waals surface area contributed by atoms with Gasteiger partial charge in [-0.05, 0) is 42.7 Å². The summed E-state index contributed by atoms with van der Waals surface area (Å²) in [6, 6.07) is 13.7. The summed E-state index contributed by atoms with van der Waals surface area (Å²) in [4.78, 5) is 0.127. The molecule has 128 valence electrons. The Morgan fingerprint density at radius 1 is 1.21 bits per heavy atom. The lowest BCUT2D eigenvalue weighted by Crippen LogP contribution is -2.46. The summed E-state index contributed by atoms with van der Waals surface area (Å²) >= 11 is 0. The lowest BCUT2D eigenvalue weighted by molar-refractivity contribution is -0.000496. The highest BCUT2D eigenvalue weighted by molar-refractivity contribution is 7.89. The molecule has 2 aromatic carbocycles. The second kappa shape index (κ2) is 7.01. The van der Waals surface area contributed by atoms with Crippen molar-refractivity contribution in [2.24, 2.45) is 0 Å². The molecule has 1 heterocycles. The Kier molecular flexibility index (Phi) is 4.99. The van der Waals surface area contributed by atoms with E-state index in [1.807, 2.05) is 30.3 Å². The largest absolute Gasteiger partial charge is 0.375 e. The van der Waals surface area contributed by atoms with Crippen molar-refractivity contribution in [3.05, 3.63) is 65.5 Å². The fourth-order valence-electron chi connectivity index (χ4n) is 2.84. The van der Waals surface area contributed by atoms with Gasteiger partial charge in [-0.15, -0.1) is 0 Å². The van der Waals surface area contributed by atoms with Gasteiger partial charge in [0.2, 0.25) is 10.0 Å². The fraction of sp³-hybridized carbons (Fsp3) is 0.333. The third-order valence-corrected chi connectivity index (χ3v) is 6.04. The predicted octanol–water partition coefficient (Wildman–Crippen LogP) is 2.77. The molecule has 1 aliphatic heterocycles. The van der Waals surface area contributed by atoms with Crippen LogP contribution in [-0.2, 0) is 21.2 Å². The van der Waals surface area contributed by atoms with Gasteiger partial charge in [-0.25, -0.2) is 12.8 Å². The first-order valence-corrected chi connectivity index (χ1v) is 9.32. The number of hydrogen-bond acceptors (Lipinski definition) is 3. The summed E-state index contributed by atoms with van der Waals surface area (Å²) in [5.41, 5.74) is 1.43. The molecule has 1 aliphatic rings. The summed E-state index contributed by atoms with van der Waals surface area (Å²) in [5.74, 6) is -0.405. The normalized spacial score (nSPS) is 19.3. The van der Waals surface area contributed by atoms with E-state index in [0.717, 1.165) is 5.56 Å². The molecule has 0 N–H and O–H groups in total. The van der Waals surface area contributed by atoms with Crippen molar-refractivity contribution < 1.29 is 17.5 Å². The molecule has 1 atom stereocenters. The van der Waals surface area contributed by atoms with Crippen LogP contribution in [0.4, 0.5) is 4.39 Å². The molecular formula is C18H20FNO3S. The minimum absolute atomic E-state index is 0.127. The monoisotopic (exact) mass is 349 g/mol. The topological polar surface area (TPSA) is 46.6 Å². The van der Waals surface area contributed by atoms with Crippen molar-refractivity contribution in [2.75, 3.05) is 19.7 Å². The van der Waals surface area contributed by atoms with E-state index in [1.54, 1.807) is 6.92 Å². The lowest BCUT2D eigenvalue weighted by atomic mass is 10.1. The van der Waals surface area contributed by atoms with Crippen molar-refractivity contribution in [2.45, 2.75) is 24.3 Å². The number of aryl methyl sites for hydroxylation is 1. The zero-order valence-corrected chi connectivity index (χ0v) is 14.3. The van der Waals surface area contributed by atoms with Crippen molar-refractivity contribution in [1.29, 1.82) is 0 Å². The van der Waals surface area contributed by atoms with E-state index in [1.165, 1.54) is 22.5 Å². The highest BCUT2D eigenvalue weighted by Crippen LogP contribution is 2.22. The van der Waals surface area contributed by atoms with Crippen LogP contribution in [0.15, 0.2) is 53.4 Å². The number of morpholine rings is 1. The van der Waals surface area contributed by atoms with Crippen LogP contribution in [0.25, 0.3) is 0 Å². The molecule has 0 bridgehead atoms. The SMILES string of the molecule is Cc1cc(S(=O)(=O)N2CCOC(Cc3ccccc3)C2)ccc1F. The zero-order valence-electron chi connectivity index (χ0n) is 13.5. The first kappa shape index (κ1) is 17.1. The second-order valence-corrected chi connectivity index (χ2v) is 7.89. The smallest absolute Gasteiger partial charge is 0.243 e. The molecular weight excluding hydrogens is 329 g/mol. The number of sulfonamides is 1. The van der Waals surface area contributed by atoms with Crippen LogP contribution in [0.2, 0.25) is 0 Å². The van der Waals surface area contributed by atoms with E-state index in [0.29, 0.717) is 31.7 Å². The van der Waals surface area contributed by atoms with Crippen LogP contribution in [0.5, 0.6) is 0 Å². The molecule has 1 saturated heterocycles. The minimum atomic E-state index is -3.64. The molecule has 0 amide bonds. The van der Waals surface area contributed by atoms with Gasteiger partial charge >= 0.3 is 0 Å². The first-order valence-electron chi connectivity index (χ1n) is 7.88. The maximum absolute atomic E-state index is 13.4. The Labute approximate surface area is 141 Å². The molecule has 0 spiro atoms. The average Bonchev–Trinajstić information content (AvgIpc) is 2.58. The molecule has 24 heavy (non-hydrogen) atoms. The first-order chi connectivity index (χ1) is 11.5. The molecule has 0 aromatic heterocycles. The van der Waals surface area contributed by atoms with Crippen molar-refractivity contribution in [3.8, 4) is 0 Å². The number of hydrogen-bond donors (Lipinski definition) is 0. The molecule has 1 unspecified atom stereocenters. The van der Waals surface area contributed by atoms with Crippen molar-refractivity contribution in [3.63, 3.8) is 0 Å². The van der Waals surface area contributed by atoms with E-state index in [9.17, 15) is 12.8 Å². The minimum Gasteiger partial charge on any atom is -0.375 e. The van der Waals surface area contributed by atoms with Gasteiger partial charge in [-0.1, -0.05) is 30.3 Å². The Morgan fingerprint density at radius 3 is 2.67 bits per heavy atom. The molecule has 2 aromatic rings. The summed E-state index contributed by atoms with van der Waals surface area (Å²) in [5, 5.41) is 0. The Bertz CT molecular complexity index is 808. The highest BCUT2D eigenvalue weighted by Gasteiger charge is 2.31. The fourth-order valence-corrected chi connectivity index (χ4v) is 4.38. The van der Waals surface area contributed by atoms with Gasteiger partial charge in [-0.3, -0.25) is 0 Å². The predicted molar refractivity (Wildman–Crippen MR) is 89.8 cm³/mol. The molecule has 0 radical (unpaired) electrons. The van der Waals surface area contributed by atoms with Gasteiger partial charge in [0.05, 0.1) is 17.6 Å². The van der Waals surface area contributed by atoms with Crippen molar-refractivity contribution >= 4 is 10.0 Å². The lowest BCUT2D eigenvalue weighted by Gasteiger charge is -2.32. The van der Waals surface area contributed by atoms with Crippen molar-refractivity contribution in [1.82, 2.24) is 4.31 Å². The highest BCUT2D eigenvalue weighted by atomic mass is 32.2. The third-order valence-electron chi connectivity index (χ3n) is 4.17. The Balaban J connectivity index is 1.77. The van der Waals surface area contributed by atoms with Crippen LogP contribution in [0.3, 0.4) is 0 Å². The Hall–Kier alpha value is -1.76. The standard InChI is InChI=1S/C18H20FNO3S/c1-14-11-17(7-8-18(14)19)24(21,22)20-9-10-23-16(13-20)12-15-5-3-2-4-6-15/h2-8,11,16H,9-10,12-13H2,1H3. The maximum Gasteiger partial charge on any atom is 0.243 e. The van der Waals surface area contributed by atoms with Gasteiger partial charge in [0.1, 0.15) is 5.82 Å². The average molecular weight is 349 g/mol. The number of halogens is 1. The van der Waals surface area contributed by atoms with Gasteiger partial charge in [0.25, 0.3) is 0 Å². The van der Waals surface area contributed by atoms with Gasteiger partial charge in [-0.2, -0.15) is 4.31 Å². The summed E-state index contributed by atoms with van der Waals surface area (Å²) in [7, 11) is -3.64. The third kappa shape index (κ3) is 3.66. The molecule has 3 rings (SSSR count). The van der Waals surface area contributed by atoms with Crippen LogP contribution in [-0.4, -0.2) is 38.5 Å². The van der Waals surface area contributed by atoms with E-state index in [-0.39, 0.29) is 11.0 Å². The summed E-state index contributed by atoms with van der Waals surface area (Å²) in [6.07, 6.45) is 0.479. The zero-order chi connectivity index (χ0) is 17.2. The molecule has 6 heteroatoms. The number of benzene rings is 2. The molecule has 4 nitrogen and oxygen atoms in total. The van der Waals surface area contributed by atoms with E-state index in [4.69, 9.17) is 4.74 Å². The summed E-state index contributed by atoms with van der Waals surface area (Å²) in [6.45, 7) is 2.53. The second-order valence-electron chi connectivity index (χ2n) is 5.96. The number of nitrogens with zero attached hydrogens (tertiary/aromatic N) is 1. The number of rotatable bonds is 4. The van der Waals surface area contributed by atoms with Crippen LogP contribution >= 0.6 is 0 Å².